The van der Waals surface area contributed by atoms with E-state index in [4.69, 9.17) is 5.73 Å². The van der Waals surface area contributed by atoms with Crippen LogP contribution >= 0.6 is 0 Å². The Kier molecular flexibility index (Phi) is 4.20. The summed E-state index contributed by atoms with van der Waals surface area (Å²) in [4.78, 5) is 23.2. The van der Waals surface area contributed by atoms with Gasteiger partial charge in [0.15, 0.2) is 0 Å². The van der Waals surface area contributed by atoms with Crippen LogP contribution in [0.2, 0.25) is 0 Å². The first kappa shape index (κ1) is 13.6. The van der Waals surface area contributed by atoms with Crippen LogP contribution < -0.4 is 11.1 Å². The van der Waals surface area contributed by atoms with Crippen LogP contribution in [-0.4, -0.2) is 18.4 Å². The van der Waals surface area contributed by atoms with Gasteiger partial charge in [-0.05, 0) is 18.4 Å². The monoisotopic (exact) mass is 260 g/mol. The summed E-state index contributed by atoms with van der Waals surface area (Å²) in [5.74, 6) is -0.363. The van der Waals surface area contributed by atoms with Gasteiger partial charge in [0.05, 0.1) is 5.41 Å². The molecule has 2 amide bonds. The summed E-state index contributed by atoms with van der Waals surface area (Å²) in [6.07, 6.45) is 4.08. The molecule has 1 fully saturated rings. The van der Waals surface area contributed by atoms with E-state index in [1.165, 1.54) is 0 Å². The minimum absolute atomic E-state index is 0.0254. The average Bonchev–Trinajstić information content (AvgIpc) is 2.90. The SMILES string of the molecule is NC(=O)CCNC(=O)C1(c2ccccc2)CCCC1. The molecule has 1 aromatic rings. The lowest BCUT2D eigenvalue weighted by atomic mass is 9.78. The Hall–Kier alpha value is -1.84. The van der Waals surface area contributed by atoms with Crippen LogP contribution in [0.15, 0.2) is 30.3 Å². The number of amides is 2. The number of nitrogens with one attached hydrogen (secondary N) is 1. The fourth-order valence-corrected chi connectivity index (χ4v) is 2.85. The van der Waals surface area contributed by atoms with Crippen LogP contribution in [-0.2, 0) is 15.0 Å². The van der Waals surface area contributed by atoms with Gasteiger partial charge < -0.3 is 11.1 Å². The van der Waals surface area contributed by atoms with Gasteiger partial charge in [-0.2, -0.15) is 0 Å². The smallest absolute Gasteiger partial charge is 0.230 e. The third-order valence-electron chi connectivity index (χ3n) is 3.88. The summed E-state index contributed by atoms with van der Waals surface area (Å²) in [6, 6.07) is 9.91. The summed E-state index contributed by atoms with van der Waals surface area (Å²) >= 11 is 0. The van der Waals surface area contributed by atoms with E-state index in [0.717, 1.165) is 31.2 Å². The van der Waals surface area contributed by atoms with E-state index in [-0.39, 0.29) is 18.2 Å². The molecule has 102 valence electrons. The van der Waals surface area contributed by atoms with Gasteiger partial charge in [-0.25, -0.2) is 0 Å². The quantitative estimate of drug-likeness (QED) is 0.842. The molecule has 1 aromatic carbocycles. The van der Waals surface area contributed by atoms with Crippen molar-refractivity contribution in [2.24, 2.45) is 5.73 Å². The van der Waals surface area contributed by atoms with Crippen LogP contribution in [0.25, 0.3) is 0 Å². The molecule has 3 N–H and O–H groups in total. The summed E-state index contributed by atoms with van der Waals surface area (Å²) in [5.41, 5.74) is 5.74. The lowest BCUT2D eigenvalue weighted by Gasteiger charge is -2.28. The highest BCUT2D eigenvalue weighted by Crippen LogP contribution is 2.41. The van der Waals surface area contributed by atoms with Crippen LogP contribution in [0.4, 0.5) is 0 Å². The molecule has 0 aliphatic heterocycles. The maximum atomic E-state index is 12.5. The normalized spacial score (nSPS) is 17.1. The number of carbonyl (C=O) groups is 2. The van der Waals surface area contributed by atoms with Crippen LogP contribution in [0.5, 0.6) is 0 Å². The number of carbonyl (C=O) groups excluding carboxylic acids is 2. The second-order valence-electron chi connectivity index (χ2n) is 5.13. The molecule has 0 bridgehead atoms. The van der Waals surface area contributed by atoms with E-state index in [1.54, 1.807) is 0 Å². The van der Waals surface area contributed by atoms with Gasteiger partial charge in [0.1, 0.15) is 0 Å². The largest absolute Gasteiger partial charge is 0.370 e. The Morgan fingerprint density at radius 1 is 1.16 bits per heavy atom. The molecule has 0 aromatic heterocycles. The Bertz CT molecular complexity index is 450. The van der Waals surface area contributed by atoms with Crippen molar-refractivity contribution >= 4 is 11.8 Å². The van der Waals surface area contributed by atoms with E-state index in [1.807, 2.05) is 30.3 Å². The molecule has 1 aliphatic rings. The van der Waals surface area contributed by atoms with Crippen molar-refractivity contribution in [2.75, 3.05) is 6.54 Å². The highest BCUT2D eigenvalue weighted by Gasteiger charge is 2.42. The molecule has 0 spiro atoms. The van der Waals surface area contributed by atoms with Gasteiger partial charge in [-0.1, -0.05) is 43.2 Å². The lowest BCUT2D eigenvalue weighted by molar-refractivity contribution is -0.126. The summed E-state index contributed by atoms with van der Waals surface area (Å²) in [6.45, 7) is 0.322. The standard InChI is InChI=1S/C15H20N2O2/c16-13(18)8-11-17-14(19)15(9-4-5-10-15)12-6-2-1-3-7-12/h1-3,6-7H,4-5,8-11H2,(H2,16,18)(H,17,19). The van der Waals surface area contributed by atoms with Crippen LogP contribution in [0.1, 0.15) is 37.7 Å². The Labute approximate surface area is 113 Å². The van der Waals surface area contributed by atoms with Gasteiger partial charge in [-0.3, -0.25) is 9.59 Å². The van der Waals surface area contributed by atoms with Crippen LogP contribution in [0, 0.1) is 0 Å². The third-order valence-corrected chi connectivity index (χ3v) is 3.88. The van der Waals surface area contributed by atoms with Crippen molar-refractivity contribution in [3.63, 3.8) is 0 Å². The maximum absolute atomic E-state index is 12.5. The van der Waals surface area contributed by atoms with E-state index in [0.29, 0.717) is 6.54 Å². The second kappa shape index (κ2) is 5.87. The zero-order valence-electron chi connectivity index (χ0n) is 11.0. The molecule has 1 aliphatic carbocycles. The average molecular weight is 260 g/mol. The predicted molar refractivity (Wildman–Crippen MR) is 73.4 cm³/mol. The molecule has 19 heavy (non-hydrogen) atoms. The maximum Gasteiger partial charge on any atom is 0.230 e. The third kappa shape index (κ3) is 2.95. The highest BCUT2D eigenvalue weighted by atomic mass is 16.2. The molecule has 2 rings (SSSR count). The van der Waals surface area contributed by atoms with Crippen molar-refractivity contribution in [3.05, 3.63) is 35.9 Å². The molecular formula is C15H20N2O2. The Morgan fingerprint density at radius 2 is 1.79 bits per heavy atom. The molecule has 0 radical (unpaired) electrons. The lowest BCUT2D eigenvalue weighted by Crippen LogP contribution is -2.43. The van der Waals surface area contributed by atoms with Crippen molar-refractivity contribution in [1.29, 1.82) is 0 Å². The van der Waals surface area contributed by atoms with E-state index >= 15 is 0 Å². The molecule has 1 saturated carbocycles. The first-order chi connectivity index (χ1) is 9.15. The molecular weight excluding hydrogens is 240 g/mol. The molecule has 0 atom stereocenters. The van der Waals surface area contributed by atoms with Crippen molar-refractivity contribution < 1.29 is 9.59 Å². The van der Waals surface area contributed by atoms with E-state index in [9.17, 15) is 9.59 Å². The summed E-state index contributed by atoms with van der Waals surface area (Å²) in [7, 11) is 0. The molecule has 0 heterocycles. The molecule has 0 saturated heterocycles. The minimum Gasteiger partial charge on any atom is -0.370 e. The number of nitrogens with two attached hydrogens (primary N) is 1. The Balaban J connectivity index is 2.11. The zero-order valence-corrected chi connectivity index (χ0v) is 11.0. The highest BCUT2D eigenvalue weighted by molar-refractivity contribution is 5.89. The number of rotatable bonds is 5. The molecule has 4 heteroatoms. The number of primary amides is 1. The first-order valence-corrected chi connectivity index (χ1v) is 6.77. The van der Waals surface area contributed by atoms with Gasteiger partial charge in [0.25, 0.3) is 0 Å². The Morgan fingerprint density at radius 3 is 2.37 bits per heavy atom. The fourth-order valence-electron chi connectivity index (χ4n) is 2.85. The summed E-state index contributed by atoms with van der Waals surface area (Å²) < 4.78 is 0. The first-order valence-electron chi connectivity index (χ1n) is 6.77. The zero-order chi connectivity index (χ0) is 13.7. The van der Waals surface area contributed by atoms with Crippen molar-refractivity contribution in [3.8, 4) is 0 Å². The predicted octanol–water partition coefficient (Wildman–Crippen LogP) is 1.49. The van der Waals surface area contributed by atoms with Gasteiger partial charge in [0.2, 0.25) is 11.8 Å². The number of benzene rings is 1. The molecule has 4 nitrogen and oxygen atoms in total. The summed E-state index contributed by atoms with van der Waals surface area (Å²) in [5, 5.41) is 2.86. The van der Waals surface area contributed by atoms with Gasteiger partial charge >= 0.3 is 0 Å². The van der Waals surface area contributed by atoms with E-state index in [2.05, 4.69) is 5.32 Å². The second-order valence-corrected chi connectivity index (χ2v) is 5.13. The number of hydrogen-bond donors (Lipinski definition) is 2. The van der Waals surface area contributed by atoms with Crippen LogP contribution in [0.3, 0.4) is 0 Å². The van der Waals surface area contributed by atoms with Gasteiger partial charge in [-0.15, -0.1) is 0 Å². The van der Waals surface area contributed by atoms with E-state index < -0.39 is 5.41 Å². The fraction of sp³-hybridized carbons (Fsp3) is 0.467. The topological polar surface area (TPSA) is 72.2 Å². The van der Waals surface area contributed by atoms with Crippen molar-refractivity contribution in [1.82, 2.24) is 5.32 Å². The minimum atomic E-state index is -0.418. The van der Waals surface area contributed by atoms with Crippen molar-refractivity contribution in [2.45, 2.75) is 37.5 Å². The number of hydrogen-bond acceptors (Lipinski definition) is 2. The van der Waals surface area contributed by atoms with Gasteiger partial charge in [0, 0.05) is 13.0 Å². The molecule has 0 unspecified atom stereocenters.